The molecule has 0 spiro atoms. The van der Waals surface area contributed by atoms with Crippen LogP contribution >= 0.6 is 0 Å². The molecule has 0 atom stereocenters. The maximum Gasteiger partial charge on any atom is 0.265 e. The predicted molar refractivity (Wildman–Crippen MR) is 102 cm³/mol. The predicted octanol–water partition coefficient (Wildman–Crippen LogP) is 3.72. The molecule has 0 fully saturated rings. The Balaban J connectivity index is 1.76. The molecule has 0 saturated heterocycles. The fourth-order valence-electron chi connectivity index (χ4n) is 2.62. The van der Waals surface area contributed by atoms with Gasteiger partial charge in [0.05, 0.1) is 11.4 Å². The molecule has 0 unspecified atom stereocenters. The Morgan fingerprint density at radius 1 is 1.21 bits per heavy atom. The molecule has 0 radical (unpaired) electrons. The lowest BCUT2D eigenvalue weighted by atomic mass is 10.1. The lowest BCUT2D eigenvalue weighted by Gasteiger charge is -2.09. The van der Waals surface area contributed by atoms with Crippen molar-refractivity contribution in [2.45, 2.75) is 33.8 Å². The largest absolute Gasteiger partial charge is 0.470 e. The molecule has 0 amide bonds. The number of halogens is 2. The van der Waals surface area contributed by atoms with Crippen molar-refractivity contribution < 1.29 is 13.5 Å². The average molecular weight is 399 g/mol. The van der Waals surface area contributed by atoms with Gasteiger partial charge in [0.25, 0.3) is 6.43 Å². The van der Waals surface area contributed by atoms with E-state index in [4.69, 9.17) is 10.1 Å². The summed E-state index contributed by atoms with van der Waals surface area (Å²) in [6.07, 6.45) is 0.320. The Labute approximate surface area is 165 Å². The zero-order valence-electron chi connectivity index (χ0n) is 16.1. The summed E-state index contributed by atoms with van der Waals surface area (Å²) in [7, 11) is 0. The fraction of sp³-hybridized carbons (Fsp3) is 0.263. The Morgan fingerprint density at radius 3 is 2.55 bits per heavy atom. The van der Waals surface area contributed by atoms with E-state index in [0.717, 1.165) is 6.20 Å². The van der Waals surface area contributed by atoms with E-state index >= 15 is 0 Å². The molecule has 3 rings (SSSR count). The van der Waals surface area contributed by atoms with Crippen molar-refractivity contribution in [1.29, 1.82) is 5.41 Å². The number of hydrogen-bond donors (Lipinski definition) is 1. The molecular weight excluding hydrogens is 380 g/mol. The molecule has 3 aromatic rings. The quantitative estimate of drug-likeness (QED) is 0.608. The van der Waals surface area contributed by atoms with Gasteiger partial charge in [-0.05, 0) is 39.0 Å². The number of hydrogen-bond acceptors (Lipinski definition) is 7. The molecule has 8 nitrogen and oxygen atoms in total. The van der Waals surface area contributed by atoms with E-state index in [9.17, 15) is 8.78 Å². The molecule has 0 bridgehead atoms. The van der Waals surface area contributed by atoms with Gasteiger partial charge < -0.3 is 10.1 Å². The van der Waals surface area contributed by atoms with Crippen molar-refractivity contribution in [3.63, 3.8) is 0 Å². The fourth-order valence-corrected chi connectivity index (χ4v) is 2.62. The second kappa shape index (κ2) is 8.63. The van der Waals surface area contributed by atoms with Crippen LogP contribution in [0.15, 0.2) is 36.5 Å². The van der Waals surface area contributed by atoms with Crippen LogP contribution in [0.25, 0.3) is 11.4 Å². The summed E-state index contributed by atoms with van der Waals surface area (Å²) in [5, 5.41) is 23.9. The van der Waals surface area contributed by atoms with Gasteiger partial charge in [-0.15, -0.1) is 15.3 Å². The van der Waals surface area contributed by atoms with Crippen LogP contribution in [0.5, 0.6) is 5.88 Å². The standard InChI is InChI=1S/C19H19F2N7O/c1-4-14(11(2)22)15-6-8-18(26-25-15)29-10-16-12(3)24-27-28(16)17-7-5-13(9-23-17)19(20)21/h4-9,19,22H,10H2,1-3H3/b14-4-,22-11?. The first kappa shape index (κ1) is 20.2. The summed E-state index contributed by atoms with van der Waals surface area (Å²) >= 11 is 0. The maximum absolute atomic E-state index is 12.7. The van der Waals surface area contributed by atoms with Crippen molar-refractivity contribution in [1.82, 2.24) is 30.2 Å². The Morgan fingerprint density at radius 2 is 2.00 bits per heavy atom. The minimum atomic E-state index is -2.59. The third kappa shape index (κ3) is 4.48. The molecule has 0 aliphatic rings. The number of aromatic nitrogens is 6. The summed E-state index contributed by atoms with van der Waals surface area (Å²) < 4.78 is 32.6. The molecule has 29 heavy (non-hydrogen) atoms. The van der Waals surface area contributed by atoms with E-state index in [0.29, 0.717) is 40.1 Å². The number of ether oxygens (including phenoxy) is 1. The van der Waals surface area contributed by atoms with E-state index in [2.05, 4.69) is 25.5 Å². The monoisotopic (exact) mass is 399 g/mol. The van der Waals surface area contributed by atoms with Crippen LogP contribution in [0.2, 0.25) is 0 Å². The minimum absolute atomic E-state index is 0.0885. The molecule has 150 valence electrons. The number of nitrogens with zero attached hydrogens (tertiary/aromatic N) is 6. The number of aryl methyl sites for hydroxylation is 1. The van der Waals surface area contributed by atoms with Crippen LogP contribution < -0.4 is 4.74 Å². The number of rotatable bonds is 7. The highest BCUT2D eigenvalue weighted by atomic mass is 19.3. The molecule has 0 aliphatic carbocycles. The zero-order valence-corrected chi connectivity index (χ0v) is 16.1. The molecule has 0 saturated carbocycles. The van der Waals surface area contributed by atoms with E-state index in [-0.39, 0.29) is 12.2 Å². The molecule has 1 N–H and O–H groups in total. The van der Waals surface area contributed by atoms with E-state index in [1.54, 1.807) is 32.1 Å². The van der Waals surface area contributed by atoms with Gasteiger partial charge in [0.15, 0.2) is 5.82 Å². The summed E-state index contributed by atoms with van der Waals surface area (Å²) in [4.78, 5) is 4.03. The van der Waals surface area contributed by atoms with Crippen LogP contribution in [0.3, 0.4) is 0 Å². The van der Waals surface area contributed by atoms with Crippen molar-refractivity contribution in [3.05, 3.63) is 59.2 Å². The molecular formula is C19H19F2N7O. The number of allylic oxidation sites excluding steroid dienone is 2. The van der Waals surface area contributed by atoms with Crippen LogP contribution in [0.1, 0.15) is 42.9 Å². The molecule has 0 aromatic carbocycles. The summed E-state index contributed by atoms with van der Waals surface area (Å²) in [5.41, 5.74) is 2.73. The van der Waals surface area contributed by atoms with Gasteiger partial charge in [-0.3, -0.25) is 0 Å². The van der Waals surface area contributed by atoms with Gasteiger partial charge in [-0.25, -0.2) is 13.8 Å². The topological polar surface area (TPSA) is 102 Å². The van der Waals surface area contributed by atoms with Crippen LogP contribution in [-0.2, 0) is 6.61 Å². The summed E-state index contributed by atoms with van der Waals surface area (Å²) in [6, 6.07) is 6.13. The summed E-state index contributed by atoms with van der Waals surface area (Å²) in [6.45, 7) is 5.36. The average Bonchev–Trinajstić information content (AvgIpc) is 3.08. The first-order chi connectivity index (χ1) is 13.9. The zero-order chi connectivity index (χ0) is 21.0. The lowest BCUT2D eigenvalue weighted by Crippen LogP contribution is -2.09. The van der Waals surface area contributed by atoms with Gasteiger partial charge in [-0.2, -0.15) is 4.68 Å². The Kier molecular flexibility index (Phi) is 6.01. The highest BCUT2D eigenvalue weighted by Gasteiger charge is 2.15. The van der Waals surface area contributed by atoms with Crippen molar-refractivity contribution >= 4 is 11.3 Å². The van der Waals surface area contributed by atoms with Crippen LogP contribution in [0, 0.1) is 12.3 Å². The van der Waals surface area contributed by atoms with E-state index in [1.807, 2.05) is 6.92 Å². The molecule has 3 heterocycles. The van der Waals surface area contributed by atoms with Crippen LogP contribution in [-0.4, -0.2) is 35.9 Å². The van der Waals surface area contributed by atoms with E-state index in [1.165, 1.54) is 16.8 Å². The summed E-state index contributed by atoms with van der Waals surface area (Å²) in [5.74, 6) is 0.647. The highest BCUT2D eigenvalue weighted by Crippen LogP contribution is 2.20. The number of alkyl halides is 2. The third-order valence-corrected chi connectivity index (χ3v) is 4.16. The van der Waals surface area contributed by atoms with E-state index < -0.39 is 6.43 Å². The van der Waals surface area contributed by atoms with Crippen LogP contribution in [0.4, 0.5) is 8.78 Å². The van der Waals surface area contributed by atoms with Crippen molar-refractivity contribution in [2.75, 3.05) is 0 Å². The van der Waals surface area contributed by atoms with Gasteiger partial charge in [0.2, 0.25) is 5.88 Å². The maximum atomic E-state index is 12.7. The normalized spacial score (nSPS) is 11.7. The van der Waals surface area contributed by atoms with Gasteiger partial charge >= 0.3 is 0 Å². The number of nitrogens with one attached hydrogen (secondary N) is 1. The first-order valence-electron chi connectivity index (χ1n) is 8.75. The SMILES string of the molecule is C/C=C(/C(C)=N)c1ccc(OCc2c(C)nnn2-c2ccc(C(F)F)cn2)nn1. The Bertz CT molecular complexity index is 1030. The van der Waals surface area contributed by atoms with Crippen molar-refractivity contribution in [3.8, 4) is 11.7 Å². The van der Waals surface area contributed by atoms with Crippen molar-refractivity contribution in [2.24, 2.45) is 0 Å². The first-order valence-corrected chi connectivity index (χ1v) is 8.75. The smallest absolute Gasteiger partial charge is 0.265 e. The number of pyridine rings is 1. The highest BCUT2D eigenvalue weighted by molar-refractivity contribution is 6.20. The Hall–Kier alpha value is -3.56. The second-order valence-corrected chi connectivity index (χ2v) is 6.16. The second-order valence-electron chi connectivity index (χ2n) is 6.16. The van der Waals surface area contributed by atoms with Gasteiger partial charge in [0.1, 0.15) is 12.3 Å². The lowest BCUT2D eigenvalue weighted by molar-refractivity contribution is 0.151. The third-order valence-electron chi connectivity index (χ3n) is 4.16. The minimum Gasteiger partial charge on any atom is -0.470 e. The van der Waals surface area contributed by atoms with Gasteiger partial charge in [-0.1, -0.05) is 11.3 Å². The molecule has 3 aromatic heterocycles. The van der Waals surface area contributed by atoms with Gasteiger partial charge in [0, 0.05) is 29.1 Å². The molecule has 10 heteroatoms. The molecule has 0 aliphatic heterocycles.